The van der Waals surface area contributed by atoms with Gasteiger partial charge in [-0.25, -0.2) is 0 Å². The third-order valence-electron chi connectivity index (χ3n) is 3.53. The highest BCUT2D eigenvalue weighted by atomic mass is 16.4. The van der Waals surface area contributed by atoms with E-state index in [0.717, 1.165) is 19.4 Å². The van der Waals surface area contributed by atoms with E-state index < -0.39 is 5.97 Å². The molecule has 1 aliphatic heterocycles. The maximum Gasteiger partial charge on any atom is 0.308 e. The van der Waals surface area contributed by atoms with Gasteiger partial charge in [0.15, 0.2) is 0 Å². The second-order valence-corrected chi connectivity index (χ2v) is 6.01. The summed E-state index contributed by atoms with van der Waals surface area (Å²) < 4.78 is 0. The molecule has 1 rings (SSSR count). The minimum Gasteiger partial charge on any atom is -0.481 e. The Morgan fingerprint density at radius 1 is 1.40 bits per heavy atom. The van der Waals surface area contributed by atoms with Crippen molar-refractivity contribution in [1.29, 1.82) is 0 Å². The van der Waals surface area contributed by atoms with Gasteiger partial charge in [0.2, 0.25) is 0 Å². The van der Waals surface area contributed by atoms with Crippen molar-refractivity contribution in [2.75, 3.05) is 6.54 Å². The first-order chi connectivity index (χ1) is 6.67. The predicted octanol–water partition coefficient (Wildman–Crippen LogP) is 2.36. The Balaban J connectivity index is 2.97. The van der Waals surface area contributed by atoms with Gasteiger partial charge >= 0.3 is 5.97 Å². The maximum absolute atomic E-state index is 11.2. The largest absolute Gasteiger partial charge is 0.481 e. The van der Waals surface area contributed by atoms with Crippen LogP contribution in [-0.4, -0.2) is 33.6 Å². The molecular weight excluding hydrogens is 190 g/mol. The molecular formula is C12H23NO2. The average molecular weight is 213 g/mol. The second-order valence-electron chi connectivity index (χ2n) is 6.01. The van der Waals surface area contributed by atoms with E-state index in [1.165, 1.54) is 0 Å². The lowest BCUT2D eigenvalue weighted by atomic mass is 9.76. The molecule has 1 fully saturated rings. The van der Waals surface area contributed by atoms with Gasteiger partial charge in [-0.15, -0.1) is 0 Å². The van der Waals surface area contributed by atoms with E-state index in [9.17, 15) is 9.90 Å². The van der Waals surface area contributed by atoms with Crippen molar-refractivity contribution < 1.29 is 9.90 Å². The third-order valence-corrected chi connectivity index (χ3v) is 3.53. The highest BCUT2D eigenvalue weighted by Crippen LogP contribution is 2.37. The van der Waals surface area contributed by atoms with Crippen LogP contribution in [-0.2, 0) is 4.79 Å². The fraction of sp³-hybridized carbons (Fsp3) is 0.917. The predicted molar refractivity (Wildman–Crippen MR) is 60.9 cm³/mol. The van der Waals surface area contributed by atoms with E-state index in [1.54, 1.807) is 0 Å². The SMILES string of the molecule is CC(C)(C)N1CCCC(C(=O)O)C1(C)C. The Morgan fingerprint density at radius 2 is 1.93 bits per heavy atom. The van der Waals surface area contributed by atoms with Crippen molar-refractivity contribution in [3.05, 3.63) is 0 Å². The number of hydrogen-bond acceptors (Lipinski definition) is 2. The van der Waals surface area contributed by atoms with Crippen LogP contribution in [0.5, 0.6) is 0 Å². The highest BCUT2D eigenvalue weighted by molar-refractivity contribution is 5.71. The minimum atomic E-state index is -0.658. The lowest BCUT2D eigenvalue weighted by molar-refractivity contribution is -0.152. The zero-order chi connectivity index (χ0) is 11.9. The van der Waals surface area contributed by atoms with Crippen molar-refractivity contribution in [2.45, 2.75) is 58.5 Å². The second kappa shape index (κ2) is 3.78. The molecule has 0 aliphatic carbocycles. The highest BCUT2D eigenvalue weighted by Gasteiger charge is 2.46. The van der Waals surface area contributed by atoms with Crippen LogP contribution in [0.1, 0.15) is 47.5 Å². The molecule has 3 heteroatoms. The zero-order valence-corrected chi connectivity index (χ0v) is 10.5. The Kier molecular flexibility index (Phi) is 3.15. The molecule has 0 radical (unpaired) electrons. The number of aliphatic carboxylic acids is 1. The van der Waals surface area contributed by atoms with E-state index in [4.69, 9.17) is 0 Å². The Labute approximate surface area is 92.5 Å². The molecule has 1 aliphatic rings. The molecule has 1 atom stereocenters. The van der Waals surface area contributed by atoms with E-state index >= 15 is 0 Å². The molecule has 1 saturated heterocycles. The quantitative estimate of drug-likeness (QED) is 0.727. The van der Waals surface area contributed by atoms with Gasteiger partial charge in [-0.1, -0.05) is 0 Å². The summed E-state index contributed by atoms with van der Waals surface area (Å²) in [6.45, 7) is 11.6. The topological polar surface area (TPSA) is 40.5 Å². The van der Waals surface area contributed by atoms with E-state index in [1.807, 2.05) is 0 Å². The van der Waals surface area contributed by atoms with Crippen LogP contribution in [0.3, 0.4) is 0 Å². The lowest BCUT2D eigenvalue weighted by Crippen LogP contribution is -2.61. The Bertz CT molecular complexity index is 253. The maximum atomic E-state index is 11.2. The van der Waals surface area contributed by atoms with Gasteiger partial charge in [0.25, 0.3) is 0 Å². The van der Waals surface area contributed by atoms with Crippen LogP contribution in [0.2, 0.25) is 0 Å². The third kappa shape index (κ3) is 2.33. The molecule has 0 aromatic heterocycles. The normalized spacial score (nSPS) is 27.7. The molecule has 3 nitrogen and oxygen atoms in total. The van der Waals surface area contributed by atoms with Crippen LogP contribution in [0, 0.1) is 5.92 Å². The first kappa shape index (κ1) is 12.5. The first-order valence-corrected chi connectivity index (χ1v) is 5.68. The number of likely N-dealkylation sites (tertiary alicyclic amines) is 1. The van der Waals surface area contributed by atoms with Crippen molar-refractivity contribution in [1.82, 2.24) is 4.90 Å². The minimum absolute atomic E-state index is 0.0393. The van der Waals surface area contributed by atoms with Crippen LogP contribution in [0.4, 0.5) is 0 Å². The van der Waals surface area contributed by atoms with Gasteiger partial charge in [-0.05, 0) is 54.0 Å². The molecule has 15 heavy (non-hydrogen) atoms. The van der Waals surface area contributed by atoms with Crippen LogP contribution >= 0.6 is 0 Å². The smallest absolute Gasteiger partial charge is 0.308 e. The van der Waals surface area contributed by atoms with Gasteiger partial charge in [0, 0.05) is 11.1 Å². The van der Waals surface area contributed by atoms with Crippen LogP contribution in [0.25, 0.3) is 0 Å². The molecule has 1 unspecified atom stereocenters. The van der Waals surface area contributed by atoms with Crippen molar-refractivity contribution in [3.63, 3.8) is 0 Å². The number of nitrogens with zero attached hydrogens (tertiary/aromatic N) is 1. The van der Waals surface area contributed by atoms with Crippen molar-refractivity contribution in [2.24, 2.45) is 5.92 Å². The van der Waals surface area contributed by atoms with Crippen molar-refractivity contribution >= 4 is 5.97 Å². The zero-order valence-electron chi connectivity index (χ0n) is 10.5. The first-order valence-electron chi connectivity index (χ1n) is 5.68. The molecule has 1 N–H and O–H groups in total. The van der Waals surface area contributed by atoms with Gasteiger partial charge in [0.1, 0.15) is 0 Å². The summed E-state index contributed by atoms with van der Waals surface area (Å²) >= 11 is 0. The molecule has 0 aromatic rings. The van der Waals surface area contributed by atoms with Crippen LogP contribution in [0.15, 0.2) is 0 Å². The summed E-state index contributed by atoms with van der Waals surface area (Å²) in [6.07, 6.45) is 1.78. The average Bonchev–Trinajstić information content (AvgIpc) is 1.99. The van der Waals surface area contributed by atoms with Crippen molar-refractivity contribution in [3.8, 4) is 0 Å². The number of piperidine rings is 1. The van der Waals surface area contributed by atoms with E-state index in [0.29, 0.717) is 0 Å². The van der Waals surface area contributed by atoms with Gasteiger partial charge in [-0.3, -0.25) is 9.69 Å². The number of carboxylic acid groups (broad SMARTS) is 1. The Morgan fingerprint density at radius 3 is 2.33 bits per heavy atom. The number of rotatable bonds is 1. The lowest BCUT2D eigenvalue weighted by Gasteiger charge is -2.52. The molecule has 1 heterocycles. The van der Waals surface area contributed by atoms with Gasteiger partial charge < -0.3 is 5.11 Å². The molecule has 0 saturated carbocycles. The molecule has 88 valence electrons. The number of hydrogen-bond donors (Lipinski definition) is 1. The van der Waals surface area contributed by atoms with Crippen LogP contribution < -0.4 is 0 Å². The number of carboxylic acids is 1. The standard InChI is InChI=1S/C12H23NO2/c1-11(2,3)13-8-6-7-9(10(14)15)12(13,4)5/h9H,6-8H2,1-5H3,(H,14,15). The fourth-order valence-corrected chi connectivity index (χ4v) is 2.91. The Hall–Kier alpha value is -0.570. The molecule has 0 spiro atoms. The van der Waals surface area contributed by atoms with Gasteiger partial charge in [-0.2, -0.15) is 0 Å². The summed E-state index contributed by atoms with van der Waals surface area (Å²) in [5.74, 6) is -0.903. The summed E-state index contributed by atoms with van der Waals surface area (Å²) in [7, 11) is 0. The van der Waals surface area contributed by atoms with E-state index in [2.05, 4.69) is 39.5 Å². The summed E-state index contributed by atoms with van der Waals surface area (Å²) in [5.41, 5.74) is -0.208. The summed E-state index contributed by atoms with van der Waals surface area (Å²) in [4.78, 5) is 13.5. The summed E-state index contributed by atoms with van der Waals surface area (Å²) in [6, 6.07) is 0. The van der Waals surface area contributed by atoms with E-state index in [-0.39, 0.29) is 17.0 Å². The molecule has 0 bridgehead atoms. The fourth-order valence-electron chi connectivity index (χ4n) is 2.91. The number of carbonyl (C=O) groups is 1. The summed E-state index contributed by atoms with van der Waals surface area (Å²) in [5, 5.41) is 9.23. The molecule has 0 aromatic carbocycles. The van der Waals surface area contributed by atoms with Gasteiger partial charge in [0.05, 0.1) is 5.92 Å². The molecule has 0 amide bonds. The monoisotopic (exact) mass is 213 g/mol.